The number of aliphatic hydroxyl groups is 1. The number of hydrogen-bond donors (Lipinski definition) is 2. The zero-order valence-electron chi connectivity index (χ0n) is 11.9. The molecule has 1 heterocycles. The molecule has 0 radical (unpaired) electrons. The van der Waals surface area contributed by atoms with Gasteiger partial charge in [-0.2, -0.15) is 0 Å². The molecule has 2 rings (SSSR count). The number of benzene rings is 1. The van der Waals surface area contributed by atoms with E-state index < -0.39 is 5.60 Å². The van der Waals surface area contributed by atoms with Crippen molar-refractivity contribution in [3.05, 3.63) is 27.7 Å². The van der Waals surface area contributed by atoms with Gasteiger partial charge in [0.15, 0.2) is 0 Å². The molecule has 20 heavy (non-hydrogen) atoms. The Balaban J connectivity index is 2.17. The molecule has 0 bridgehead atoms. The lowest BCUT2D eigenvalue weighted by Crippen LogP contribution is -2.42. The van der Waals surface area contributed by atoms with Gasteiger partial charge < -0.3 is 15.2 Å². The van der Waals surface area contributed by atoms with E-state index in [1.807, 2.05) is 19.9 Å². The van der Waals surface area contributed by atoms with Gasteiger partial charge in [0.1, 0.15) is 5.75 Å². The molecule has 1 aliphatic rings. The summed E-state index contributed by atoms with van der Waals surface area (Å²) in [6, 6.07) is 3.69. The van der Waals surface area contributed by atoms with Gasteiger partial charge in [0.2, 0.25) is 0 Å². The average Bonchev–Trinajstić information content (AvgIpc) is 2.45. The summed E-state index contributed by atoms with van der Waals surface area (Å²) in [5, 5.41) is 14.9. The minimum Gasteiger partial charge on any atom is -0.492 e. The molecule has 1 aliphatic heterocycles. The van der Waals surface area contributed by atoms with Gasteiger partial charge >= 0.3 is 0 Å². The van der Waals surface area contributed by atoms with Crippen molar-refractivity contribution in [1.82, 2.24) is 5.32 Å². The molecule has 0 saturated carbocycles. The Hall–Kier alpha value is -0.480. The Kier molecular flexibility index (Phi) is 5.19. The van der Waals surface area contributed by atoms with Crippen LogP contribution in [0.5, 0.6) is 5.75 Å². The third kappa shape index (κ3) is 3.40. The first kappa shape index (κ1) is 15.9. The van der Waals surface area contributed by atoms with E-state index in [1.165, 1.54) is 0 Å². The highest BCUT2D eigenvalue weighted by Gasteiger charge is 2.28. The predicted octanol–water partition coefficient (Wildman–Crippen LogP) is 3.96. The minimum absolute atomic E-state index is 0.111. The maximum Gasteiger partial charge on any atom is 0.142 e. The first-order valence-corrected chi connectivity index (χ1v) is 7.82. The van der Waals surface area contributed by atoms with E-state index in [0.29, 0.717) is 28.9 Å². The van der Waals surface area contributed by atoms with Crippen LogP contribution in [0.15, 0.2) is 12.1 Å². The van der Waals surface area contributed by atoms with Crippen molar-refractivity contribution in [1.29, 1.82) is 0 Å². The van der Waals surface area contributed by atoms with Crippen LogP contribution >= 0.6 is 23.2 Å². The highest BCUT2D eigenvalue weighted by atomic mass is 35.5. The second-order valence-electron chi connectivity index (χ2n) is 5.31. The molecule has 1 aromatic carbocycles. The first-order chi connectivity index (χ1) is 9.49. The average molecular weight is 318 g/mol. The van der Waals surface area contributed by atoms with E-state index in [-0.39, 0.29) is 6.04 Å². The lowest BCUT2D eigenvalue weighted by molar-refractivity contribution is 0.0284. The van der Waals surface area contributed by atoms with Crippen molar-refractivity contribution < 1.29 is 9.84 Å². The van der Waals surface area contributed by atoms with Gasteiger partial charge in [0, 0.05) is 29.6 Å². The van der Waals surface area contributed by atoms with Crippen LogP contribution in [0, 0.1) is 0 Å². The lowest BCUT2D eigenvalue weighted by atomic mass is 9.95. The molecule has 112 valence electrons. The van der Waals surface area contributed by atoms with Crippen molar-refractivity contribution in [2.75, 3.05) is 13.2 Å². The number of nitrogens with one attached hydrogen (secondary N) is 1. The third-order valence-electron chi connectivity index (χ3n) is 4.06. The van der Waals surface area contributed by atoms with Crippen molar-refractivity contribution >= 4 is 23.2 Å². The van der Waals surface area contributed by atoms with Crippen molar-refractivity contribution in [2.45, 2.75) is 44.8 Å². The molecule has 1 unspecified atom stereocenters. The standard InChI is InChI=1S/C15H21Cl2NO2/c1-3-15(19,4-2)9-18-13-5-6-20-14-11(13)7-10(16)8-12(14)17/h7-8,13,18-19H,3-6,9H2,1-2H3. The SMILES string of the molecule is CCC(O)(CC)CNC1CCOc2c(Cl)cc(Cl)cc21. The summed E-state index contributed by atoms with van der Waals surface area (Å²) in [7, 11) is 0. The molecule has 1 aromatic rings. The molecule has 0 aliphatic carbocycles. The molecule has 0 spiro atoms. The number of halogens is 2. The summed E-state index contributed by atoms with van der Waals surface area (Å²) < 4.78 is 5.63. The summed E-state index contributed by atoms with van der Waals surface area (Å²) in [6.07, 6.45) is 2.29. The predicted molar refractivity (Wildman–Crippen MR) is 82.8 cm³/mol. The normalized spacial score (nSPS) is 18.6. The second-order valence-corrected chi connectivity index (χ2v) is 6.15. The number of rotatable bonds is 5. The van der Waals surface area contributed by atoms with Gasteiger partial charge in [0.05, 0.1) is 17.2 Å². The Morgan fingerprint density at radius 3 is 2.70 bits per heavy atom. The molecule has 2 N–H and O–H groups in total. The number of hydrogen-bond acceptors (Lipinski definition) is 3. The Bertz CT molecular complexity index is 475. The maximum atomic E-state index is 10.4. The van der Waals surface area contributed by atoms with Crippen LogP contribution in [0.2, 0.25) is 10.0 Å². The molecule has 0 fully saturated rings. The van der Waals surface area contributed by atoms with Gasteiger partial charge in [-0.15, -0.1) is 0 Å². The monoisotopic (exact) mass is 317 g/mol. The quantitative estimate of drug-likeness (QED) is 0.863. The Labute approximate surface area is 130 Å². The van der Waals surface area contributed by atoms with Crippen LogP contribution < -0.4 is 10.1 Å². The molecule has 3 nitrogen and oxygen atoms in total. The summed E-state index contributed by atoms with van der Waals surface area (Å²) in [4.78, 5) is 0. The van der Waals surface area contributed by atoms with Crippen molar-refractivity contribution in [3.63, 3.8) is 0 Å². The van der Waals surface area contributed by atoms with Crippen LogP contribution in [0.1, 0.15) is 44.7 Å². The lowest BCUT2D eigenvalue weighted by Gasteiger charge is -2.32. The van der Waals surface area contributed by atoms with Crippen LogP contribution in [-0.2, 0) is 0 Å². The van der Waals surface area contributed by atoms with Crippen LogP contribution in [0.3, 0.4) is 0 Å². The minimum atomic E-state index is -0.666. The number of ether oxygens (including phenoxy) is 1. The fraction of sp³-hybridized carbons (Fsp3) is 0.600. The molecule has 5 heteroatoms. The van der Waals surface area contributed by atoms with Crippen molar-refractivity contribution in [3.8, 4) is 5.75 Å². The van der Waals surface area contributed by atoms with E-state index in [2.05, 4.69) is 5.32 Å². The zero-order valence-corrected chi connectivity index (χ0v) is 13.4. The Morgan fingerprint density at radius 1 is 1.35 bits per heavy atom. The van der Waals surface area contributed by atoms with Gasteiger partial charge in [-0.3, -0.25) is 0 Å². The third-order valence-corrected chi connectivity index (χ3v) is 4.56. The van der Waals surface area contributed by atoms with E-state index in [9.17, 15) is 5.11 Å². The van der Waals surface area contributed by atoms with E-state index in [0.717, 1.165) is 24.8 Å². The van der Waals surface area contributed by atoms with Gasteiger partial charge in [-0.1, -0.05) is 37.0 Å². The van der Waals surface area contributed by atoms with Crippen LogP contribution in [-0.4, -0.2) is 23.9 Å². The van der Waals surface area contributed by atoms with Gasteiger partial charge in [0.25, 0.3) is 0 Å². The smallest absolute Gasteiger partial charge is 0.142 e. The largest absolute Gasteiger partial charge is 0.492 e. The number of fused-ring (bicyclic) bond motifs is 1. The molecular weight excluding hydrogens is 297 g/mol. The van der Waals surface area contributed by atoms with Gasteiger partial charge in [-0.05, 0) is 25.0 Å². The zero-order chi connectivity index (χ0) is 14.8. The Morgan fingerprint density at radius 2 is 2.05 bits per heavy atom. The maximum absolute atomic E-state index is 10.4. The fourth-order valence-electron chi connectivity index (χ4n) is 2.45. The first-order valence-electron chi connectivity index (χ1n) is 7.06. The van der Waals surface area contributed by atoms with E-state index >= 15 is 0 Å². The summed E-state index contributed by atoms with van der Waals surface area (Å²) in [6.45, 7) is 5.16. The topological polar surface area (TPSA) is 41.5 Å². The molecule has 0 aromatic heterocycles. The van der Waals surface area contributed by atoms with Crippen molar-refractivity contribution in [2.24, 2.45) is 0 Å². The summed E-state index contributed by atoms with van der Waals surface area (Å²) in [5.41, 5.74) is 0.309. The van der Waals surface area contributed by atoms with E-state index in [1.54, 1.807) is 6.07 Å². The molecule has 1 atom stereocenters. The summed E-state index contributed by atoms with van der Waals surface area (Å²) >= 11 is 12.2. The molecule has 0 amide bonds. The van der Waals surface area contributed by atoms with Crippen LogP contribution in [0.25, 0.3) is 0 Å². The highest BCUT2D eigenvalue weighted by molar-refractivity contribution is 6.35. The summed E-state index contributed by atoms with van der Waals surface area (Å²) in [5.74, 6) is 0.705. The highest BCUT2D eigenvalue weighted by Crippen LogP contribution is 2.40. The fourth-order valence-corrected chi connectivity index (χ4v) is 3.01. The van der Waals surface area contributed by atoms with Crippen LogP contribution in [0.4, 0.5) is 0 Å². The molecular formula is C15H21Cl2NO2. The van der Waals surface area contributed by atoms with E-state index in [4.69, 9.17) is 27.9 Å². The van der Waals surface area contributed by atoms with Gasteiger partial charge in [-0.25, -0.2) is 0 Å². The second kappa shape index (κ2) is 6.52. The molecule has 0 saturated heterocycles.